The molecule has 19 heavy (non-hydrogen) atoms. The first-order chi connectivity index (χ1) is 9.16. The van der Waals surface area contributed by atoms with Crippen molar-refractivity contribution in [2.75, 3.05) is 11.6 Å². The Balaban J connectivity index is 1.92. The summed E-state index contributed by atoms with van der Waals surface area (Å²) < 4.78 is 0. The van der Waals surface area contributed by atoms with Gasteiger partial charge in [0.15, 0.2) is 0 Å². The molecule has 0 spiro atoms. The van der Waals surface area contributed by atoms with Crippen LogP contribution in [0.4, 0.5) is 0 Å². The number of carboxylic acid groups (broad SMARTS) is 1. The van der Waals surface area contributed by atoms with Crippen LogP contribution in [-0.2, 0) is 4.79 Å². The Morgan fingerprint density at radius 3 is 3.11 bits per heavy atom. The predicted octanol–water partition coefficient (Wildman–Crippen LogP) is 1.16. The molecular formula is C12H11N3O3S. The van der Waals surface area contributed by atoms with E-state index in [0.717, 1.165) is 10.9 Å². The summed E-state index contributed by atoms with van der Waals surface area (Å²) in [6.45, 7) is 0. The third-order valence-corrected chi connectivity index (χ3v) is 4.13. The van der Waals surface area contributed by atoms with Crippen LogP contribution in [0.1, 0.15) is 10.4 Å². The average Bonchev–Trinajstić information content (AvgIpc) is 3.05. The Labute approximate surface area is 112 Å². The number of H-pyrrole nitrogens is 1. The number of hydrogen-bond donors (Lipinski definition) is 2. The van der Waals surface area contributed by atoms with E-state index in [1.807, 2.05) is 0 Å². The van der Waals surface area contributed by atoms with Crippen molar-refractivity contribution in [1.29, 1.82) is 0 Å². The highest BCUT2D eigenvalue weighted by Gasteiger charge is 2.35. The molecule has 3 rings (SSSR count). The molecule has 1 amide bonds. The highest BCUT2D eigenvalue weighted by molar-refractivity contribution is 7.99. The van der Waals surface area contributed by atoms with E-state index < -0.39 is 12.0 Å². The number of aromatic nitrogens is 2. The second-order valence-corrected chi connectivity index (χ2v) is 5.30. The summed E-state index contributed by atoms with van der Waals surface area (Å²) in [6.07, 6.45) is 1.68. The molecule has 1 atom stereocenters. The van der Waals surface area contributed by atoms with Gasteiger partial charge in [-0.15, -0.1) is 11.8 Å². The van der Waals surface area contributed by atoms with Crippen molar-refractivity contribution in [3.05, 3.63) is 30.0 Å². The van der Waals surface area contributed by atoms with Gasteiger partial charge in [0, 0.05) is 16.7 Å². The quantitative estimate of drug-likeness (QED) is 0.860. The van der Waals surface area contributed by atoms with Crippen molar-refractivity contribution in [3.8, 4) is 0 Å². The van der Waals surface area contributed by atoms with Gasteiger partial charge in [-0.25, -0.2) is 4.79 Å². The maximum Gasteiger partial charge on any atom is 0.327 e. The molecule has 1 unspecified atom stereocenters. The number of nitrogens with one attached hydrogen (secondary N) is 1. The zero-order valence-corrected chi connectivity index (χ0v) is 10.7. The number of nitrogens with zero attached hydrogens (tertiary/aromatic N) is 2. The topological polar surface area (TPSA) is 86.3 Å². The Hall–Kier alpha value is -2.02. The number of hydrogen-bond acceptors (Lipinski definition) is 4. The van der Waals surface area contributed by atoms with E-state index in [9.17, 15) is 9.59 Å². The van der Waals surface area contributed by atoms with Crippen LogP contribution < -0.4 is 0 Å². The fourth-order valence-electron chi connectivity index (χ4n) is 2.08. The summed E-state index contributed by atoms with van der Waals surface area (Å²) in [7, 11) is 0. The Morgan fingerprint density at radius 2 is 2.32 bits per heavy atom. The molecule has 2 heterocycles. The molecular weight excluding hydrogens is 266 g/mol. The Kier molecular flexibility index (Phi) is 2.90. The minimum atomic E-state index is -0.957. The molecule has 1 aliphatic heterocycles. The highest BCUT2D eigenvalue weighted by atomic mass is 32.2. The van der Waals surface area contributed by atoms with Crippen LogP contribution in [0.15, 0.2) is 24.4 Å². The molecule has 0 radical (unpaired) electrons. The largest absolute Gasteiger partial charge is 0.480 e. The van der Waals surface area contributed by atoms with Gasteiger partial charge in [0.05, 0.1) is 17.6 Å². The van der Waals surface area contributed by atoms with Gasteiger partial charge in [-0.2, -0.15) is 5.10 Å². The van der Waals surface area contributed by atoms with Gasteiger partial charge in [0.1, 0.15) is 6.04 Å². The number of rotatable bonds is 2. The number of fused-ring (bicyclic) bond motifs is 1. The van der Waals surface area contributed by atoms with Crippen molar-refractivity contribution in [2.45, 2.75) is 6.04 Å². The number of aromatic amines is 1. The maximum atomic E-state index is 12.3. The molecule has 2 aromatic rings. The number of carboxylic acids is 1. The van der Waals surface area contributed by atoms with Gasteiger partial charge in [0.2, 0.25) is 0 Å². The molecule has 1 fully saturated rings. The first-order valence-electron chi connectivity index (χ1n) is 5.71. The van der Waals surface area contributed by atoms with E-state index in [2.05, 4.69) is 10.2 Å². The monoisotopic (exact) mass is 277 g/mol. The van der Waals surface area contributed by atoms with Crippen LogP contribution in [0.5, 0.6) is 0 Å². The normalized spacial score (nSPS) is 18.9. The van der Waals surface area contributed by atoms with Crippen LogP contribution in [0.2, 0.25) is 0 Å². The summed E-state index contributed by atoms with van der Waals surface area (Å²) in [5.41, 5.74) is 1.25. The highest BCUT2D eigenvalue weighted by Crippen LogP contribution is 2.24. The lowest BCUT2D eigenvalue weighted by Crippen LogP contribution is -2.41. The molecule has 0 saturated carbocycles. The molecule has 1 saturated heterocycles. The summed E-state index contributed by atoms with van der Waals surface area (Å²) in [5, 5.41) is 16.7. The van der Waals surface area contributed by atoms with Crippen molar-refractivity contribution in [3.63, 3.8) is 0 Å². The number of amides is 1. The van der Waals surface area contributed by atoms with E-state index in [4.69, 9.17) is 5.11 Å². The molecule has 7 heteroatoms. The SMILES string of the molecule is O=C(O)C1CSCN1C(=O)c1ccc2cn[nH]c2c1. The second-order valence-electron chi connectivity index (χ2n) is 4.30. The van der Waals surface area contributed by atoms with Gasteiger partial charge in [0.25, 0.3) is 5.91 Å². The predicted molar refractivity (Wildman–Crippen MR) is 71.0 cm³/mol. The van der Waals surface area contributed by atoms with Gasteiger partial charge < -0.3 is 10.0 Å². The number of carbonyl (C=O) groups excluding carboxylic acids is 1. The lowest BCUT2D eigenvalue weighted by Gasteiger charge is -2.20. The summed E-state index contributed by atoms with van der Waals surface area (Å²) in [5.74, 6) is -0.362. The number of benzene rings is 1. The molecule has 1 aromatic carbocycles. The first-order valence-corrected chi connectivity index (χ1v) is 6.87. The van der Waals surface area contributed by atoms with Crippen LogP contribution in [0.25, 0.3) is 10.9 Å². The molecule has 6 nitrogen and oxygen atoms in total. The number of thioether (sulfide) groups is 1. The van der Waals surface area contributed by atoms with Gasteiger partial charge in [-0.3, -0.25) is 9.89 Å². The van der Waals surface area contributed by atoms with E-state index >= 15 is 0 Å². The minimum Gasteiger partial charge on any atom is -0.480 e. The van der Waals surface area contributed by atoms with Gasteiger partial charge in [-0.05, 0) is 12.1 Å². The number of carbonyl (C=O) groups is 2. The van der Waals surface area contributed by atoms with E-state index in [0.29, 0.717) is 17.2 Å². The Bertz CT molecular complexity index is 654. The average molecular weight is 277 g/mol. The van der Waals surface area contributed by atoms with Crippen LogP contribution in [-0.4, -0.2) is 49.8 Å². The molecule has 0 aliphatic carbocycles. The smallest absolute Gasteiger partial charge is 0.327 e. The zero-order chi connectivity index (χ0) is 13.4. The lowest BCUT2D eigenvalue weighted by molar-refractivity contribution is -0.140. The third-order valence-electron chi connectivity index (χ3n) is 3.12. The molecule has 1 aliphatic rings. The van der Waals surface area contributed by atoms with Crippen LogP contribution in [0, 0.1) is 0 Å². The Morgan fingerprint density at radius 1 is 1.47 bits per heavy atom. The van der Waals surface area contributed by atoms with Crippen LogP contribution >= 0.6 is 11.8 Å². The van der Waals surface area contributed by atoms with Crippen LogP contribution in [0.3, 0.4) is 0 Å². The van der Waals surface area contributed by atoms with E-state index in [1.165, 1.54) is 16.7 Å². The fraction of sp³-hybridized carbons (Fsp3) is 0.250. The summed E-state index contributed by atoms with van der Waals surface area (Å²) >= 11 is 1.45. The fourth-order valence-corrected chi connectivity index (χ4v) is 3.23. The van der Waals surface area contributed by atoms with Crippen molar-refractivity contribution in [1.82, 2.24) is 15.1 Å². The minimum absolute atomic E-state index is 0.256. The lowest BCUT2D eigenvalue weighted by atomic mass is 10.1. The molecule has 98 valence electrons. The van der Waals surface area contributed by atoms with Gasteiger partial charge in [-0.1, -0.05) is 6.07 Å². The zero-order valence-electron chi connectivity index (χ0n) is 9.87. The van der Waals surface area contributed by atoms with Crippen molar-refractivity contribution in [2.24, 2.45) is 0 Å². The molecule has 0 bridgehead atoms. The van der Waals surface area contributed by atoms with Crippen molar-refractivity contribution < 1.29 is 14.7 Å². The van der Waals surface area contributed by atoms with Gasteiger partial charge >= 0.3 is 5.97 Å². The molecule has 1 aromatic heterocycles. The maximum absolute atomic E-state index is 12.3. The number of aliphatic carboxylic acids is 1. The van der Waals surface area contributed by atoms with E-state index in [1.54, 1.807) is 24.4 Å². The summed E-state index contributed by atoms with van der Waals surface area (Å²) in [6, 6.07) is 4.45. The third kappa shape index (κ3) is 2.06. The standard InChI is InChI=1S/C12H11N3O3S/c16-11(15-6-19-5-10(15)12(17)18)7-1-2-8-4-13-14-9(8)3-7/h1-4,10H,5-6H2,(H,13,14)(H,17,18). The van der Waals surface area contributed by atoms with E-state index in [-0.39, 0.29) is 5.91 Å². The van der Waals surface area contributed by atoms with Crippen molar-refractivity contribution >= 4 is 34.5 Å². The molecule has 2 N–H and O–H groups in total. The second kappa shape index (κ2) is 4.58. The first kappa shape index (κ1) is 12.0. The summed E-state index contributed by atoms with van der Waals surface area (Å²) in [4.78, 5) is 24.8.